The lowest BCUT2D eigenvalue weighted by Gasteiger charge is -2.64. The van der Waals surface area contributed by atoms with Crippen molar-refractivity contribution in [2.24, 2.45) is 0 Å². The molecule has 252 valence electrons. The first kappa shape index (κ1) is 35.1. The molecule has 0 radical (unpaired) electrons. The van der Waals surface area contributed by atoms with Crippen molar-refractivity contribution in [2.75, 3.05) is 19.8 Å². The van der Waals surface area contributed by atoms with E-state index in [1.165, 1.54) is 13.8 Å². The molecule has 0 aromatic carbocycles. The Balaban J connectivity index is 1.82. The molecule has 14 N–H and O–H groups in total. The second-order valence-corrected chi connectivity index (χ2v) is 11.6. The number of ether oxygens (including phenoxy) is 5. The molecule has 4 saturated heterocycles. The summed E-state index contributed by atoms with van der Waals surface area (Å²) in [6, 6.07) is 0. The first-order valence-corrected chi connectivity index (χ1v) is 13.7. The van der Waals surface area contributed by atoms with Crippen LogP contribution in [0.15, 0.2) is 0 Å². The van der Waals surface area contributed by atoms with E-state index >= 15 is 0 Å². The maximum atomic E-state index is 12.4. The summed E-state index contributed by atoms with van der Waals surface area (Å²) in [5.74, 6) is -3.48. The highest BCUT2D eigenvalue weighted by atomic mass is 16.7. The van der Waals surface area contributed by atoms with Gasteiger partial charge < -0.3 is 95.2 Å². The van der Waals surface area contributed by atoms with Gasteiger partial charge in [-0.2, -0.15) is 0 Å². The molecule has 0 aliphatic carbocycles. The summed E-state index contributed by atoms with van der Waals surface area (Å²) in [7, 11) is 0. The van der Waals surface area contributed by atoms with E-state index in [-0.39, 0.29) is 0 Å². The number of aliphatic hydroxyl groups excluding tert-OH is 11. The fourth-order valence-corrected chi connectivity index (χ4v) is 6.24. The van der Waals surface area contributed by atoms with Gasteiger partial charge in [0.1, 0.15) is 79.4 Å². The van der Waals surface area contributed by atoms with Crippen LogP contribution in [0.5, 0.6) is 0 Å². The van der Waals surface area contributed by atoms with Gasteiger partial charge in [0.05, 0.1) is 32.0 Å². The zero-order chi connectivity index (χ0) is 32.4. The van der Waals surface area contributed by atoms with E-state index < -0.39 is 135 Å². The molecule has 0 bridgehead atoms. The molecule has 19 atom stereocenters. The standard InChI is InChI=1S/C24H42O19/c1-6-10(27)13(30)16(33)19(40-6)23(37)22(36,5-26)9(43-21-18(35)15(32)12(29)8(3-25)42-21)4-39-24(23,38)20-17(34)14(31)11(28)7(2)41-20/h6-21,25-38H,3-5H2,1-2H3/t6-,7-,8+,9?,10+,11+,12-,13+,14+,15-,16-,17-,18+,19?,20?,21-,22?,23?,24?/m0/s1. The zero-order valence-electron chi connectivity index (χ0n) is 23.2. The Hall–Kier alpha value is -0.760. The Morgan fingerprint density at radius 1 is 0.628 bits per heavy atom. The van der Waals surface area contributed by atoms with Gasteiger partial charge in [0, 0.05) is 0 Å². The summed E-state index contributed by atoms with van der Waals surface area (Å²) in [6.07, 6.45) is -31.1. The number of hydrogen-bond donors (Lipinski definition) is 14. The van der Waals surface area contributed by atoms with Crippen molar-refractivity contribution in [2.45, 2.75) is 129 Å². The third-order valence-electron chi connectivity index (χ3n) is 9.08. The average molecular weight is 635 g/mol. The molecular weight excluding hydrogens is 592 g/mol. The van der Waals surface area contributed by atoms with Crippen LogP contribution >= 0.6 is 0 Å². The van der Waals surface area contributed by atoms with Crippen LogP contribution in [0.2, 0.25) is 0 Å². The van der Waals surface area contributed by atoms with Gasteiger partial charge in [0.25, 0.3) is 0 Å². The minimum atomic E-state index is -3.64. The molecule has 0 saturated carbocycles. The number of hydrogen-bond acceptors (Lipinski definition) is 19. The number of rotatable bonds is 6. The summed E-state index contributed by atoms with van der Waals surface area (Å²) in [4.78, 5) is 0. The number of aliphatic hydroxyl groups is 14. The molecule has 4 heterocycles. The van der Waals surface area contributed by atoms with Gasteiger partial charge in [-0.15, -0.1) is 0 Å². The van der Waals surface area contributed by atoms with Gasteiger partial charge in [-0.05, 0) is 13.8 Å². The Bertz CT molecular complexity index is 960. The summed E-state index contributed by atoms with van der Waals surface area (Å²) in [5, 5.41) is 150. The molecule has 6 unspecified atom stereocenters. The quantitative estimate of drug-likeness (QED) is 0.129. The molecule has 4 aliphatic rings. The molecule has 4 aliphatic heterocycles. The molecule has 4 rings (SSSR count). The SMILES string of the molecule is C[C@@H]1OC(C2(O)OCC(O[C@@H]3O[C@H](CO)[C@H](O)[C@H](O)[C@H]3O)C(O)(CO)C2(O)C2O[C@@H](C)[C@@H](O)[C@@H](O)[C@@H]2O)[C@@H](O)[C@H](O)[C@@H]1O. The lowest BCUT2D eigenvalue weighted by molar-refractivity contribution is -0.474. The smallest absolute Gasteiger partial charge is 0.230 e. The van der Waals surface area contributed by atoms with E-state index in [0.717, 1.165) is 0 Å². The predicted molar refractivity (Wildman–Crippen MR) is 131 cm³/mol. The average Bonchev–Trinajstić information content (AvgIpc) is 2.98. The highest BCUT2D eigenvalue weighted by molar-refractivity contribution is 5.24. The monoisotopic (exact) mass is 634 g/mol. The first-order chi connectivity index (χ1) is 19.9. The largest absolute Gasteiger partial charge is 0.394 e. The van der Waals surface area contributed by atoms with Crippen LogP contribution in [0.1, 0.15) is 13.8 Å². The van der Waals surface area contributed by atoms with E-state index in [2.05, 4.69) is 0 Å². The Labute approximate surface area is 244 Å². The van der Waals surface area contributed by atoms with E-state index in [4.69, 9.17) is 23.7 Å². The molecule has 19 heteroatoms. The van der Waals surface area contributed by atoms with Crippen LogP contribution < -0.4 is 0 Å². The Morgan fingerprint density at radius 3 is 1.63 bits per heavy atom. The molecular formula is C24H42O19. The molecule has 4 fully saturated rings. The molecule has 43 heavy (non-hydrogen) atoms. The second-order valence-electron chi connectivity index (χ2n) is 11.6. The van der Waals surface area contributed by atoms with Crippen molar-refractivity contribution in [3.8, 4) is 0 Å². The maximum absolute atomic E-state index is 12.4. The van der Waals surface area contributed by atoms with Gasteiger partial charge >= 0.3 is 0 Å². The van der Waals surface area contributed by atoms with Crippen molar-refractivity contribution < 1.29 is 95.2 Å². The van der Waals surface area contributed by atoms with Gasteiger partial charge in [-0.3, -0.25) is 0 Å². The van der Waals surface area contributed by atoms with Gasteiger partial charge in [-0.25, -0.2) is 0 Å². The van der Waals surface area contributed by atoms with Crippen molar-refractivity contribution in [3.05, 3.63) is 0 Å². The second kappa shape index (κ2) is 12.4. The maximum Gasteiger partial charge on any atom is 0.230 e. The lowest BCUT2D eigenvalue weighted by atomic mass is 9.63. The van der Waals surface area contributed by atoms with Gasteiger partial charge in [0.2, 0.25) is 5.79 Å². The van der Waals surface area contributed by atoms with Crippen LogP contribution in [-0.2, 0) is 23.7 Å². The fraction of sp³-hybridized carbons (Fsp3) is 1.00. The first-order valence-electron chi connectivity index (χ1n) is 13.7. The highest BCUT2D eigenvalue weighted by Gasteiger charge is 2.79. The van der Waals surface area contributed by atoms with Crippen LogP contribution in [0.3, 0.4) is 0 Å². The fourth-order valence-electron chi connectivity index (χ4n) is 6.24. The highest BCUT2D eigenvalue weighted by Crippen LogP contribution is 2.51. The molecule has 0 amide bonds. The Morgan fingerprint density at radius 2 is 1.12 bits per heavy atom. The van der Waals surface area contributed by atoms with Crippen molar-refractivity contribution in [1.29, 1.82) is 0 Å². The zero-order valence-corrected chi connectivity index (χ0v) is 23.2. The molecule has 0 aromatic heterocycles. The van der Waals surface area contributed by atoms with E-state index in [0.29, 0.717) is 0 Å². The molecule has 0 aromatic rings. The lowest BCUT2D eigenvalue weighted by Crippen LogP contribution is -2.89. The van der Waals surface area contributed by atoms with Crippen LogP contribution in [0, 0.1) is 0 Å². The normalized spacial score (nSPS) is 58.3. The third-order valence-corrected chi connectivity index (χ3v) is 9.08. The van der Waals surface area contributed by atoms with Crippen molar-refractivity contribution in [3.63, 3.8) is 0 Å². The summed E-state index contributed by atoms with van der Waals surface area (Å²) in [5.41, 5.74) is -6.95. The van der Waals surface area contributed by atoms with E-state index in [9.17, 15) is 71.5 Å². The van der Waals surface area contributed by atoms with Gasteiger partial charge in [0.15, 0.2) is 17.5 Å². The summed E-state index contributed by atoms with van der Waals surface area (Å²) >= 11 is 0. The summed E-state index contributed by atoms with van der Waals surface area (Å²) < 4.78 is 27.4. The van der Waals surface area contributed by atoms with Crippen LogP contribution in [0.25, 0.3) is 0 Å². The minimum Gasteiger partial charge on any atom is -0.394 e. The van der Waals surface area contributed by atoms with Crippen molar-refractivity contribution >= 4 is 0 Å². The topological polar surface area (TPSA) is 329 Å². The van der Waals surface area contributed by atoms with Crippen molar-refractivity contribution in [1.82, 2.24) is 0 Å². The van der Waals surface area contributed by atoms with E-state index in [1.54, 1.807) is 0 Å². The van der Waals surface area contributed by atoms with Crippen LogP contribution in [-0.4, -0.2) is 206 Å². The summed E-state index contributed by atoms with van der Waals surface area (Å²) in [6.45, 7) is -1.10. The minimum absolute atomic E-state index is 0.872. The van der Waals surface area contributed by atoms with E-state index in [1.807, 2.05) is 0 Å². The van der Waals surface area contributed by atoms with Crippen LogP contribution in [0.4, 0.5) is 0 Å². The third kappa shape index (κ3) is 5.23. The Kier molecular flexibility index (Phi) is 10.2. The molecule has 19 nitrogen and oxygen atoms in total. The van der Waals surface area contributed by atoms with Gasteiger partial charge in [-0.1, -0.05) is 0 Å². The molecule has 0 spiro atoms. The predicted octanol–water partition coefficient (Wildman–Crippen LogP) is -8.92.